The van der Waals surface area contributed by atoms with Crippen LogP contribution in [0.1, 0.15) is 54.6 Å². The van der Waals surface area contributed by atoms with Crippen LogP contribution in [0.5, 0.6) is 5.75 Å². The second-order valence-corrected chi connectivity index (χ2v) is 9.67. The molecule has 0 spiro atoms. The van der Waals surface area contributed by atoms with Gasteiger partial charge in [-0.25, -0.2) is 4.98 Å². The van der Waals surface area contributed by atoms with E-state index in [-0.39, 0.29) is 11.4 Å². The van der Waals surface area contributed by atoms with Crippen LogP contribution in [0.25, 0.3) is 5.65 Å². The Morgan fingerprint density at radius 2 is 1.83 bits per heavy atom. The van der Waals surface area contributed by atoms with E-state index in [4.69, 9.17) is 4.74 Å². The number of benzene rings is 1. The number of amides is 1. The van der Waals surface area contributed by atoms with E-state index in [0.717, 1.165) is 48.4 Å². The molecule has 30 heavy (non-hydrogen) atoms. The third-order valence-electron chi connectivity index (χ3n) is 7.31. The Morgan fingerprint density at radius 3 is 2.57 bits per heavy atom. The molecule has 0 aliphatic heterocycles. The highest BCUT2D eigenvalue weighted by Gasteiger charge is 2.51. The van der Waals surface area contributed by atoms with E-state index in [1.165, 1.54) is 19.3 Å². The SMILES string of the molecule is O=C(NC12CC3CC(CC(C3)C1)C2)c1cccc(OCc2cn3ccccc3n2)c1. The first-order valence-electron chi connectivity index (χ1n) is 11.1. The fourth-order valence-corrected chi connectivity index (χ4v) is 6.52. The number of nitrogens with one attached hydrogen (secondary N) is 1. The molecule has 4 saturated carbocycles. The second kappa shape index (κ2) is 6.86. The van der Waals surface area contributed by atoms with E-state index in [0.29, 0.717) is 17.9 Å². The monoisotopic (exact) mass is 401 g/mol. The Kier molecular flexibility index (Phi) is 4.12. The zero-order valence-electron chi connectivity index (χ0n) is 17.1. The number of nitrogens with zero attached hydrogens (tertiary/aromatic N) is 2. The average molecular weight is 402 g/mol. The molecule has 0 radical (unpaired) electrons. The molecule has 4 bridgehead atoms. The molecule has 0 saturated heterocycles. The third kappa shape index (κ3) is 3.26. The minimum Gasteiger partial charge on any atom is -0.487 e. The molecule has 2 aromatic heterocycles. The number of fused-ring (bicyclic) bond motifs is 1. The number of hydrogen-bond acceptors (Lipinski definition) is 3. The Hall–Kier alpha value is -2.82. The first-order chi connectivity index (χ1) is 14.6. The maximum absolute atomic E-state index is 13.1. The van der Waals surface area contributed by atoms with Gasteiger partial charge in [0.25, 0.3) is 5.91 Å². The lowest BCUT2D eigenvalue weighted by Crippen LogP contribution is -2.59. The summed E-state index contributed by atoms with van der Waals surface area (Å²) in [5.41, 5.74) is 2.47. The van der Waals surface area contributed by atoms with Crippen molar-refractivity contribution in [3.8, 4) is 5.75 Å². The van der Waals surface area contributed by atoms with Gasteiger partial charge in [0.05, 0.1) is 5.69 Å². The van der Waals surface area contributed by atoms with Crippen LogP contribution >= 0.6 is 0 Å². The minimum absolute atomic E-state index is 0.0270. The van der Waals surface area contributed by atoms with Crippen LogP contribution in [0.2, 0.25) is 0 Å². The lowest BCUT2D eigenvalue weighted by molar-refractivity contribution is -0.0167. The normalized spacial score (nSPS) is 29.3. The molecule has 0 unspecified atom stereocenters. The van der Waals surface area contributed by atoms with Crippen molar-refractivity contribution in [3.05, 3.63) is 66.1 Å². The van der Waals surface area contributed by atoms with E-state index in [9.17, 15) is 4.79 Å². The maximum atomic E-state index is 13.1. The lowest BCUT2D eigenvalue weighted by atomic mass is 9.53. The lowest BCUT2D eigenvalue weighted by Gasteiger charge is -2.56. The second-order valence-electron chi connectivity index (χ2n) is 9.67. The van der Waals surface area contributed by atoms with E-state index in [1.807, 2.05) is 59.3 Å². The van der Waals surface area contributed by atoms with Crippen LogP contribution in [-0.4, -0.2) is 20.8 Å². The quantitative estimate of drug-likeness (QED) is 0.679. The standard InChI is InChI=1S/C25H27N3O2/c29-24(27-25-12-17-8-18(13-25)10-19(9-17)14-25)20-4-3-5-22(11-20)30-16-21-15-28-7-2-1-6-23(28)26-21/h1-7,11,15,17-19H,8-10,12-14,16H2,(H,27,29). The van der Waals surface area contributed by atoms with Crippen molar-refractivity contribution in [2.75, 3.05) is 0 Å². The molecule has 5 heteroatoms. The van der Waals surface area contributed by atoms with Gasteiger partial charge in [0, 0.05) is 23.5 Å². The van der Waals surface area contributed by atoms with Crippen LogP contribution in [0.3, 0.4) is 0 Å². The molecule has 7 rings (SSSR count). The van der Waals surface area contributed by atoms with Gasteiger partial charge in [-0.1, -0.05) is 12.1 Å². The Balaban J connectivity index is 1.14. The van der Waals surface area contributed by atoms with Crippen LogP contribution in [0.15, 0.2) is 54.9 Å². The molecule has 3 aromatic rings. The largest absolute Gasteiger partial charge is 0.487 e. The van der Waals surface area contributed by atoms with Crippen molar-refractivity contribution in [3.63, 3.8) is 0 Å². The topological polar surface area (TPSA) is 55.6 Å². The van der Waals surface area contributed by atoms with Crippen molar-refractivity contribution in [1.82, 2.24) is 14.7 Å². The van der Waals surface area contributed by atoms with Gasteiger partial charge < -0.3 is 14.5 Å². The van der Waals surface area contributed by atoms with Gasteiger partial charge in [-0.3, -0.25) is 4.79 Å². The van der Waals surface area contributed by atoms with Crippen molar-refractivity contribution in [2.24, 2.45) is 17.8 Å². The number of hydrogen-bond donors (Lipinski definition) is 1. The van der Waals surface area contributed by atoms with Crippen molar-refractivity contribution < 1.29 is 9.53 Å². The summed E-state index contributed by atoms with van der Waals surface area (Å²) >= 11 is 0. The molecular weight excluding hydrogens is 374 g/mol. The number of aromatic nitrogens is 2. The van der Waals surface area contributed by atoms with Crippen LogP contribution in [0, 0.1) is 17.8 Å². The summed E-state index contributed by atoms with van der Waals surface area (Å²) in [6.45, 7) is 0.377. The first kappa shape index (κ1) is 18.0. The summed E-state index contributed by atoms with van der Waals surface area (Å²) in [5.74, 6) is 3.19. The summed E-state index contributed by atoms with van der Waals surface area (Å²) in [6.07, 6.45) is 11.6. The first-order valence-corrected chi connectivity index (χ1v) is 11.1. The average Bonchev–Trinajstić information content (AvgIpc) is 3.14. The van der Waals surface area contributed by atoms with Crippen molar-refractivity contribution in [1.29, 1.82) is 0 Å². The minimum atomic E-state index is 0.0270. The molecule has 0 atom stereocenters. The highest BCUT2D eigenvalue weighted by atomic mass is 16.5. The van der Waals surface area contributed by atoms with Gasteiger partial charge in [-0.15, -0.1) is 0 Å². The van der Waals surface area contributed by atoms with E-state index < -0.39 is 0 Å². The number of imidazole rings is 1. The fourth-order valence-electron chi connectivity index (χ4n) is 6.52. The molecule has 154 valence electrons. The van der Waals surface area contributed by atoms with Gasteiger partial charge in [0.2, 0.25) is 0 Å². The number of carbonyl (C=O) groups is 1. The summed E-state index contributed by atoms with van der Waals surface area (Å²) in [5, 5.41) is 3.45. The summed E-state index contributed by atoms with van der Waals surface area (Å²) in [4.78, 5) is 17.7. The highest BCUT2D eigenvalue weighted by Crippen LogP contribution is 2.55. The molecule has 4 aliphatic carbocycles. The fraction of sp³-hybridized carbons (Fsp3) is 0.440. The van der Waals surface area contributed by atoms with Gasteiger partial charge in [-0.2, -0.15) is 0 Å². The Morgan fingerprint density at radius 1 is 1.07 bits per heavy atom. The van der Waals surface area contributed by atoms with Crippen LogP contribution < -0.4 is 10.1 Å². The Labute approximate surface area is 176 Å². The zero-order valence-corrected chi connectivity index (χ0v) is 17.1. The summed E-state index contributed by atoms with van der Waals surface area (Å²) < 4.78 is 7.93. The van der Waals surface area contributed by atoms with Gasteiger partial charge >= 0.3 is 0 Å². The maximum Gasteiger partial charge on any atom is 0.251 e. The molecular formula is C25H27N3O2. The molecule has 1 amide bonds. The smallest absolute Gasteiger partial charge is 0.251 e. The Bertz CT molecular complexity index is 1030. The predicted molar refractivity (Wildman–Crippen MR) is 114 cm³/mol. The molecule has 4 aliphatic rings. The number of carbonyl (C=O) groups excluding carboxylic acids is 1. The third-order valence-corrected chi connectivity index (χ3v) is 7.31. The van der Waals surface area contributed by atoms with Crippen LogP contribution in [0.4, 0.5) is 0 Å². The number of pyridine rings is 1. The predicted octanol–water partition coefficient (Wildman–Crippen LogP) is 4.61. The van der Waals surface area contributed by atoms with E-state index in [2.05, 4.69) is 10.3 Å². The molecule has 2 heterocycles. The summed E-state index contributed by atoms with van der Waals surface area (Å²) in [7, 11) is 0. The number of ether oxygens (including phenoxy) is 1. The van der Waals surface area contributed by atoms with Gasteiger partial charge in [0.15, 0.2) is 0 Å². The molecule has 4 fully saturated rings. The van der Waals surface area contributed by atoms with Crippen LogP contribution in [-0.2, 0) is 6.61 Å². The molecule has 1 aromatic carbocycles. The number of rotatable bonds is 5. The van der Waals surface area contributed by atoms with Gasteiger partial charge in [0.1, 0.15) is 18.0 Å². The van der Waals surface area contributed by atoms with Crippen molar-refractivity contribution >= 4 is 11.6 Å². The molecule has 5 nitrogen and oxygen atoms in total. The molecule has 1 N–H and O–H groups in total. The van der Waals surface area contributed by atoms with E-state index >= 15 is 0 Å². The van der Waals surface area contributed by atoms with Crippen molar-refractivity contribution in [2.45, 2.75) is 50.7 Å². The van der Waals surface area contributed by atoms with Gasteiger partial charge in [-0.05, 0) is 86.6 Å². The van der Waals surface area contributed by atoms with E-state index in [1.54, 1.807) is 0 Å². The summed E-state index contributed by atoms with van der Waals surface area (Å²) in [6, 6.07) is 13.5. The zero-order chi connectivity index (χ0) is 20.1. The highest BCUT2D eigenvalue weighted by molar-refractivity contribution is 5.95.